The van der Waals surface area contributed by atoms with Gasteiger partial charge in [0.1, 0.15) is 16.4 Å². The van der Waals surface area contributed by atoms with Gasteiger partial charge in [-0.15, -0.1) is 0 Å². The van der Waals surface area contributed by atoms with E-state index in [1.165, 1.54) is 18.2 Å². The number of hydrogen-bond donors (Lipinski definition) is 1. The van der Waals surface area contributed by atoms with Crippen LogP contribution < -0.4 is 10.2 Å². The molecule has 7 heteroatoms. The van der Waals surface area contributed by atoms with Crippen molar-refractivity contribution in [3.05, 3.63) is 99.8 Å². The maximum atomic E-state index is 14.4. The lowest BCUT2D eigenvalue weighted by Gasteiger charge is -2.16. The molecule has 4 nitrogen and oxygen atoms in total. The van der Waals surface area contributed by atoms with Crippen molar-refractivity contribution in [2.75, 3.05) is 10.2 Å². The van der Waals surface area contributed by atoms with Crippen LogP contribution in [-0.4, -0.2) is 11.8 Å². The van der Waals surface area contributed by atoms with Crippen LogP contribution in [0.15, 0.2) is 88.3 Å². The molecule has 0 fully saturated rings. The van der Waals surface area contributed by atoms with Gasteiger partial charge in [0.25, 0.3) is 11.8 Å². The molecule has 0 radical (unpaired) electrons. The molecule has 156 valence electrons. The van der Waals surface area contributed by atoms with Gasteiger partial charge in [0.2, 0.25) is 0 Å². The van der Waals surface area contributed by atoms with E-state index in [0.29, 0.717) is 10.7 Å². The minimum absolute atomic E-state index is 0.0789. The first-order valence-electron chi connectivity index (χ1n) is 9.65. The van der Waals surface area contributed by atoms with Gasteiger partial charge in [0, 0.05) is 15.6 Å². The highest BCUT2D eigenvalue weighted by Gasteiger charge is 2.41. The van der Waals surface area contributed by atoms with Crippen molar-refractivity contribution >= 4 is 46.6 Å². The van der Waals surface area contributed by atoms with Crippen LogP contribution in [-0.2, 0) is 16.0 Å². The molecule has 1 aliphatic rings. The highest BCUT2D eigenvalue weighted by Crippen LogP contribution is 2.38. The Kier molecular flexibility index (Phi) is 6.11. The number of thioether (sulfide) groups is 1. The Hall–Kier alpha value is -3.09. The molecule has 0 bridgehead atoms. The second-order valence-corrected chi connectivity index (χ2v) is 8.35. The molecule has 0 spiro atoms. The molecule has 1 aliphatic heterocycles. The number of para-hydroxylation sites is 1. The van der Waals surface area contributed by atoms with E-state index in [9.17, 15) is 14.0 Å². The largest absolute Gasteiger partial charge is 0.350 e. The maximum Gasteiger partial charge on any atom is 0.283 e. The number of carbonyl (C=O) groups is 2. The second-order valence-electron chi connectivity index (χ2n) is 6.83. The van der Waals surface area contributed by atoms with E-state index in [1.54, 1.807) is 30.3 Å². The number of halogens is 2. The summed E-state index contributed by atoms with van der Waals surface area (Å²) >= 11 is 7.09. The molecule has 0 saturated carbocycles. The molecule has 1 heterocycles. The lowest BCUT2D eigenvalue weighted by Crippen LogP contribution is -2.33. The summed E-state index contributed by atoms with van der Waals surface area (Å²) in [5, 5.41) is 3.64. The minimum Gasteiger partial charge on any atom is -0.350 e. The van der Waals surface area contributed by atoms with Gasteiger partial charge in [-0.05, 0) is 60.5 Å². The molecule has 3 aromatic rings. The zero-order valence-corrected chi connectivity index (χ0v) is 18.1. The number of aryl methyl sites for hydroxylation is 1. The number of carbonyl (C=O) groups excluding carboxylic acids is 2. The van der Waals surface area contributed by atoms with Crippen molar-refractivity contribution in [3.8, 4) is 0 Å². The number of anilines is 2. The van der Waals surface area contributed by atoms with Crippen molar-refractivity contribution in [2.24, 2.45) is 0 Å². The van der Waals surface area contributed by atoms with Gasteiger partial charge in [-0.1, -0.05) is 54.6 Å². The fourth-order valence-electron chi connectivity index (χ4n) is 3.16. The number of rotatable bonds is 6. The first-order valence-corrected chi connectivity index (χ1v) is 10.8. The summed E-state index contributed by atoms with van der Waals surface area (Å²) in [5.41, 5.74) is 1.84. The van der Waals surface area contributed by atoms with E-state index in [4.69, 9.17) is 11.6 Å². The minimum atomic E-state index is -0.645. The molecular formula is C24H18ClFN2O2S. The van der Waals surface area contributed by atoms with E-state index in [0.717, 1.165) is 33.5 Å². The Bertz CT molecular complexity index is 1180. The number of hydrogen-bond acceptors (Lipinski definition) is 4. The normalized spacial score (nSPS) is 13.8. The van der Waals surface area contributed by atoms with Crippen LogP contribution in [0, 0.1) is 5.82 Å². The topological polar surface area (TPSA) is 49.4 Å². The zero-order chi connectivity index (χ0) is 22.0. The summed E-state index contributed by atoms with van der Waals surface area (Å²) in [6, 6.07) is 20.2. The van der Waals surface area contributed by atoms with Crippen LogP contribution in [0.5, 0.6) is 0 Å². The number of imide groups is 1. The van der Waals surface area contributed by atoms with Crippen LogP contribution in [0.2, 0.25) is 5.02 Å². The summed E-state index contributed by atoms with van der Waals surface area (Å²) in [5.74, 6) is -1.83. The first kappa shape index (κ1) is 21.2. The third-order valence-corrected chi connectivity index (χ3v) is 6.14. The van der Waals surface area contributed by atoms with E-state index in [-0.39, 0.29) is 16.3 Å². The van der Waals surface area contributed by atoms with Crippen molar-refractivity contribution in [1.29, 1.82) is 0 Å². The van der Waals surface area contributed by atoms with Gasteiger partial charge >= 0.3 is 0 Å². The van der Waals surface area contributed by atoms with E-state index >= 15 is 0 Å². The van der Waals surface area contributed by atoms with Crippen LogP contribution >= 0.6 is 23.4 Å². The lowest BCUT2D eigenvalue weighted by molar-refractivity contribution is -0.120. The van der Waals surface area contributed by atoms with Crippen molar-refractivity contribution < 1.29 is 14.0 Å². The van der Waals surface area contributed by atoms with Crippen LogP contribution in [0.25, 0.3) is 0 Å². The number of nitrogens with one attached hydrogen (secondary N) is 1. The maximum absolute atomic E-state index is 14.4. The summed E-state index contributed by atoms with van der Waals surface area (Å²) in [6.07, 6.45) is 0.888. The fourth-order valence-corrected chi connectivity index (χ4v) is 4.21. The number of benzene rings is 3. The number of nitrogens with zero attached hydrogens (tertiary/aromatic N) is 1. The molecule has 0 atom stereocenters. The SMILES string of the molecule is CCc1ccc(NC2=C(Sc3ccc(Cl)cc3)C(=O)N(c3ccccc3F)C2=O)cc1. The Labute approximate surface area is 188 Å². The summed E-state index contributed by atoms with van der Waals surface area (Å²) < 4.78 is 14.4. The van der Waals surface area contributed by atoms with Crippen LogP contribution in [0.3, 0.4) is 0 Å². The monoisotopic (exact) mass is 452 g/mol. The van der Waals surface area contributed by atoms with E-state index < -0.39 is 17.6 Å². The van der Waals surface area contributed by atoms with E-state index in [2.05, 4.69) is 12.2 Å². The quantitative estimate of drug-likeness (QED) is 0.464. The molecule has 0 aromatic heterocycles. The highest BCUT2D eigenvalue weighted by molar-refractivity contribution is 8.04. The third-order valence-electron chi connectivity index (χ3n) is 4.80. The fraction of sp³-hybridized carbons (Fsp3) is 0.0833. The smallest absolute Gasteiger partial charge is 0.283 e. The molecule has 4 rings (SSSR count). The molecule has 3 aromatic carbocycles. The van der Waals surface area contributed by atoms with Gasteiger partial charge in [0.15, 0.2) is 0 Å². The Morgan fingerprint density at radius 3 is 2.26 bits per heavy atom. The predicted octanol–water partition coefficient (Wildman–Crippen LogP) is 6.03. The van der Waals surface area contributed by atoms with Gasteiger partial charge in [-0.2, -0.15) is 0 Å². The van der Waals surface area contributed by atoms with Gasteiger partial charge in [0.05, 0.1) is 5.69 Å². The Balaban J connectivity index is 1.74. The van der Waals surface area contributed by atoms with E-state index in [1.807, 2.05) is 24.3 Å². The third kappa shape index (κ3) is 4.36. The lowest BCUT2D eigenvalue weighted by atomic mass is 10.1. The van der Waals surface area contributed by atoms with Crippen LogP contribution in [0.1, 0.15) is 12.5 Å². The van der Waals surface area contributed by atoms with Gasteiger partial charge < -0.3 is 5.32 Å². The van der Waals surface area contributed by atoms with Gasteiger partial charge in [-0.3, -0.25) is 9.59 Å². The molecule has 1 N–H and O–H groups in total. The molecule has 31 heavy (non-hydrogen) atoms. The first-order chi connectivity index (χ1) is 15.0. The molecule has 0 unspecified atom stereocenters. The average molecular weight is 453 g/mol. The molecular weight excluding hydrogens is 435 g/mol. The number of amides is 2. The second kappa shape index (κ2) is 8.96. The summed E-state index contributed by atoms with van der Waals surface area (Å²) in [7, 11) is 0. The van der Waals surface area contributed by atoms with Crippen molar-refractivity contribution in [3.63, 3.8) is 0 Å². The Morgan fingerprint density at radius 1 is 0.935 bits per heavy atom. The standard InChI is InChI=1S/C24H18ClFN2O2S/c1-2-15-7-11-17(12-8-15)27-21-22(31-18-13-9-16(25)10-14-18)24(30)28(23(21)29)20-6-4-3-5-19(20)26/h3-14,27H,2H2,1H3. The van der Waals surface area contributed by atoms with Gasteiger partial charge in [-0.25, -0.2) is 9.29 Å². The predicted molar refractivity (Wildman–Crippen MR) is 123 cm³/mol. The average Bonchev–Trinajstić information content (AvgIpc) is 3.00. The molecule has 2 amide bonds. The highest BCUT2D eigenvalue weighted by atomic mass is 35.5. The molecule has 0 aliphatic carbocycles. The van der Waals surface area contributed by atoms with Crippen molar-refractivity contribution in [2.45, 2.75) is 18.2 Å². The zero-order valence-electron chi connectivity index (χ0n) is 16.6. The summed E-state index contributed by atoms with van der Waals surface area (Å²) in [6.45, 7) is 2.05. The molecule has 0 saturated heterocycles. The van der Waals surface area contributed by atoms with Crippen molar-refractivity contribution in [1.82, 2.24) is 0 Å². The summed E-state index contributed by atoms with van der Waals surface area (Å²) in [4.78, 5) is 28.3. The Morgan fingerprint density at radius 2 is 1.61 bits per heavy atom. The van der Waals surface area contributed by atoms with Crippen LogP contribution in [0.4, 0.5) is 15.8 Å².